The van der Waals surface area contributed by atoms with Gasteiger partial charge in [-0.1, -0.05) is 6.07 Å². The fourth-order valence-corrected chi connectivity index (χ4v) is 4.28. The molecule has 3 aromatic rings. The van der Waals surface area contributed by atoms with Gasteiger partial charge in [-0.15, -0.1) is 8.78 Å². The van der Waals surface area contributed by atoms with E-state index >= 15 is 0 Å². The van der Waals surface area contributed by atoms with E-state index in [4.69, 9.17) is 4.74 Å². The maximum absolute atomic E-state index is 14.6. The molecule has 186 valence electrons. The van der Waals surface area contributed by atoms with Gasteiger partial charge in [0.05, 0.1) is 17.5 Å². The molecule has 35 heavy (non-hydrogen) atoms. The largest absolute Gasteiger partial charge is 0.586 e. The van der Waals surface area contributed by atoms with Crippen molar-refractivity contribution in [3.63, 3.8) is 0 Å². The zero-order valence-electron chi connectivity index (χ0n) is 18.1. The summed E-state index contributed by atoms with van der Waals surface area (Å²) in [5.41, 5.74) is -0.754. The van der Waals surface area contributed by atoms with Crippen molar-refractivity contribution >= 4 is 0 Å². The lowest BCUT2D eigenvalue weighted by atomic mass is 9.93. The number of aliphatic hydroxyl groups excluding tert-OH is 1. The van der Waals surface area contributed by atoms with Gasteiger partial charge in [0, 0.05) is 11.6 Å². The minimum Gasteiger partial charge on any atom is -0.483 e. The third kappa shape index (κ3) is 4.26. The molecule has 1 aliphatic carbocycles. The van der Waals surface area contributed by atoms with E-state index in [1.807, 2.05) is 0 Å². The van der Waals surface area contributed by atoms with Crippen molar-refractivity contribution in [2.75, 3.05) is 0 Å². The molecular weight excluding hydrogens is 482 g/mol. The molecule has 0 amide bonds. The van der Waals surface area contributed by atoms with Crippen molar-refractivity contribution < 1.29 is 45.7 Å². The molecule has 5 rings (SSSR count). The molecule has 2 heterocycles. The second-order valence-electron chi connectivity index (χ2n) is 8.28. The molecule has 2 atom stereocenters. The van der Waals surface area contributed by atoms with Crippen molar-refractivity contribution in [1.29, 1.82) is 0 Å². The van der Waals surface area contributed by atoms with Crippen molar-refractivity contribution in [3.05, 3.63) is 64.7 Å². The summed E-state index contributed by atoms with van der Waals surface area (Å²) >= 11 is 0. The van der Waals surface area contributed by atoms with Crippen LogP contribution in [0.4, 0.5) is 26.3 Å². The monoisotopic (exact) mass is 500 g/mol. The molecule has 2 aliphatic rings. The predicted molar refractivity (Wildman–Crippen MR) is 108 cm³/mol. The van der Waals surface area contributed by atoms with Crippen LogP contribution in [0.1, 0.15) is 54.5 Å². The number of aromatic nitrogens is 2. The fraction of sp³-hybridized carbons (Fsp3) is 0.348. The molecule has 0 saturated heterocycles. The second-order valence-corrected chi connectivity index (χ2v) is 8.28. The van der Waals surface area contributed by atoms with Gasteiger partial charge in [-0.25, -0.2) is 9.07 Å². The van der Waals surface area contributed by atoms with Crippen LogP contribution < -0.4 is 14.2 Å². The van der Waals surface area contributed by atoms with E-state index in [-0.39, 0.29) is 47.0 Å². The highest BCUT2D eigenvalue weighted by Crippen LogP contribution is 2.43. The Morgan fingerprint density at radius 3 is 2.63 bits per heavy atom. The van der Waals surface area contributed by atoms with Crippen LogP contribution >= 0.6 is 0 Å². The SMILES string of the molecule is C[C@H](Oc1cc(-n2nc(C(F)(F)F)c3c2C(O)CCC3)ccc1F)c1ccc2c(c1)OC(F)(F)O2. The first kappa shape index (κ1) is 23.3. The fourth-order valence-electron chi connectivity index (χ4n) is 4.28. The van der Waals surface area contributed by atoms with Crippen LogP contribution in [0.15, 0.2) is 36.4 Å². The molecule has 1 unspecified atom stereocenters. The molecule has 1 aromatic heterocycles. The number of nitrogens with zero attached hydrogens (tertiary/aromatic N) is 2. The van der Waals surface area contributed by atoms with Gasteiger partial charge in [-0.2, -0.15) is 18.3 Å². The van der Waals surface area contributed by atoms with Gasteiger partial charge in [0.2, 0.25) is 0 Å². The van der Waals surface area contributed by atoms with Crippen LogP contribution in [0.5, 0.6) is 17.2 Å². The van der Waals surface area contributed by atoms with E-state index in [9.17, 15) is 31.4 Å². The lowest BCUT2D eigenvalue weighted by molar-refractivity contribution is -0.286. The van der Waals surface area contributed by atoms with Crippen LogP contribution in [-0.2, 0) is 12.6 Å². The molecule has 2 aromatic carbocycles. The molecule has 6 nitrogen and oxygen atoms in total. The topological polar surface area (TPSA) is 65.7 Å². The van der Waals surface area contributed by atoms with E-state index in [0.717, 1.165) is 10.7 Å². The zero-order valence-corrected chi connectivity index (χ0v) is 18.1. The molecule has 0 spiro atoms. The average Bonchev–Trinajstić information content (AvgIpc) is 3.31. The van der Waals surface area contributed by atoms with Crippen molar-refractivity contribution in [2.45, 2.75) is 50.9 Å². The van der Waals surface area contributed by atoms with Gasteiger partial charge >= 0.3 is 12.5 Å². The quantitative estimate of drug-likeness (QED) is 0.455. The molecule has 12 heteroatoms. The first-order chi connectivity index (χ1) is 16.4. The summed E-state index contributed by atoms with van der Waals surface area (Å²) in [5.74, 6) is -1.48. The maximum atomic E-state index is 14.6. The van der Waals surface area contributed by atoms with Gasteiger partial charge in [0.1, 0.15) is 6.10 Å². The summed E-state index contributed by atoms with van der Waals surface area (Å²) < 4.78 is 97.2. The first-order valence-electron chi connectivity index (χ1n) is 10.7. The Hall–Kier alpha value is -3.41. The number of hydrogen-bond donors (Lipinski definition) is 1. The average molecular weight is 500 g/mol. The van der Waals surface area contributed by atoms with Gasteiger partial charge < -0.3 is 19.3 Å². The second kappa shape index (κ2) is 8.08. The van der Waals surface area contributed by atoms with Gasteiger partial charge in [-0.05, 0) is 56.0 Å². The van der Waals surface area contributed by atoms with Crippen LogP contribution in [0, 0.1) is 5.82 Å². The first-order valence-corrected chi connectivity index (χ1v) is 10.7. The van der Waals surface area contributed by atoms with Crippen LogP contribution in [-0.4, -0.2) is 21.2 Å². The summed E-state index contributed by atoms with van der Waals surface area (Å²) in [6.07, 6.45) is -9.80. The Morgan fingerprint density at radius 2 is 1.89 bits per heavy atom. The molecule has 0 radical (unpaired) electrons. The highest BCUT2D eigenvalue weighted by Gasteiger charge is 2.44. The minimum absolute atomic E-state index is 0.00545. The van der Waals surface area contributed by atoms with Gasteiger partial charge in [-0.3, -0.25) is 0 Å². The Kier molecular flexibility index (Phi) is 5.38. The molecular formula is C23H18F6N2O4. The van der Waals surface area contributed by atoms with E-state index in [1.54, 1.807) is 0 Å². The van der Waals surface area contributed by atoms with Crippen LogP contribution in [0.3, 0.4) is 0 Å². The number of halogens is 6. The number of hydrogen-bond acceptors (Lipinski definition) is 5. The van der Waals surface area contributed by atoms with Crippen LogP contribution in [0.2, 0.25) is 0 Å². The van der Waals surface area contributed by atoms with E-state index in [1.165, 1.54) is 37.3 Å². The minimum atomic E-state index is -4.73. The number of aliphatic hydroxyl groups is 1. The van der Waals surface area contributed by atoms with E-state index in [2.05, 4.69) is 14.6 Å². The number of fused-ring (bicyclic) bond motifs is 2. The molecule has 0 bridgehead atoms. The van der Waals surface area contributed by atoms with Crippen LogP contribution in [0.25, 0.3) is 5.69 Å². The van der Waals surface area contributed by atoms with E-state index in [0.29, 0.717) is 12.0 Å². The zero-order chi connectivity index (χ0) is 25.1. The number of alkyl halides is 5. The third-order valence-electron chi connectivity index (χ3n) is 5.87. The number of rotatable bonds is 4. The van der Waals surface area contributed by atoms with Gasteiger partial charge in [0.25, 0.3) is 0 Å². The Bertz CT molecular complexity index is 1290. The standard InChI is InChI=1S/C23H18F6N2O4/c1-11(12-5-8-17-19(9-12)35-23(28,29)34-17)33-18-10-13(6-7-15(18)24)31-20-14(3-2-4-16(20)32)21(30-31)22(25,26)27/h5-11,16,32H,2-4H2,1H3/t11-,16?/m0/s1. The summed E-state index contributed by atoms with van der Waals surface area (Å²) in [6, 6.07) is 7.36. The molecule has 1 N–H and O–H groups in total. The predicted octanol–water partition coefficient (Wildman–Crippen LogP) is 5.86. The Labute approximate surface area is 194 Å². The Morgan fingerprint density at radius 1 is 1.14 bits per heavy atom. The summed E-state index contributed by atoms with van der Waals surface area (Å²) in [5, 5.41) is 14.1. The number of benzene rings is 2. The third-order valence-corrected chi connectivity index (χ3v) is 5.87. The molecule has 0 saturated carbocycles. The van der Waals surface area contributed by atoms with Crippen molar-refractivity contribution in [1.82, 2.24) is 9.78 Å². The summed E-state index contributed by atoms with van der Waals surface area (Å²) in [7, 11) is 0. The van der Waals surface area contributed by atoms with Crippen molar-refractivity contribution in [3.8, 4) is 22.9 Å². The van der Waals surface area contributed by atoms with Crippen molar-refractivity contribution in [2.24, 2.45) is 0 Å². The van der Waals surface area contributed by atoms with Gasteiger partial charge in [0.15, 0.2) is 28.8 Å². The lowest BCUT2D eigenvalue weighted by Gasteiger charge is -2.21. The normalized spacial score (nSPS) is 19.4. The maximum Gasteiger partial charge on any atom is 0.586 e. The Balaban J connectivity index is 1.48. The summed E-state index contributed by atoms with van der Waals surface area (Å²) in [4.78, 5) is 0. The molecule has 1 aliphatic heterocycles. The van der Waals surface area contributed by atoms with E-state index < -0.39 is 36.2 Å². The molecule has 0 fully saturated rings. The lowest BCUT2D eigenvalue weighted by Crippen LogP contribution is -2.25. The number of ether oxygens (including phenoxy) is 3. The highest BCUT2D eigenvalue weighted by atomic mass is 19.4. The summed E-state index contributed by atoms with van der Waals surface area (Å²) in [6.45, 7) is 1.53. The smallest absolute Gasteiger partial charge is 0.483 e. The highest BCUT2D eigenvalue weighted by molar-refractivity contribution is 5.47.